The highest BCUT2D eigenvalue weighted by Gasteiger charge is 2.10. The molecule has 2 aromatic rings. The predicted molar refractivity (Wildman–Crippen MR) is 98.6 cm³/mol. The lowest BCUT2D eigenvalue weighted by atomic mass is 10.0. The molecule has 0 aliphatic rings. The van der Waals surface area contributed by atoms with E-state index in [1.165, 1.54) is 12.1 Å². The highest BCUT2D eigenvalue weighted by atomic mass is 35.5. The summed E-state index contributed by atoms with van der Waals surface area (Å²) in [7, 11) is 0. The number of hydrogen-bond acceptors (Lipinski definition) is 2. The van der Waals surface area contributed by atoms with Crippen LogP contribution in [0.15, 0.2) is 48.5 Å². The van der Waals surface area contributed by atoms with Gasteiger partial charge in [0.25, 0.3) is 0 Å². The van der Waals surface area contributed by atoms with E-state index in [0.717, 1.165) is 36.4 Å². The van der Waals surface area contributed by atoms with E-state index in [1.807, 2.05) is 30.3 Å². The third-order valence-corrected chi connectivity index (χ3v) is 4.19. The second-order valence-corrected chi connectivity index (χ2v) is 6.46. The van der Waals surface area contributed by atoms with Crippen LogP contribution in [0.2, 0.25) is 0 Å². The lowest BCUT2D eigenvalue weighted by molar-refractivity contribution is 0.184. The largest absolute Gasteiger partial charge is 0.492 e. The van der Waals surface area contributed by atoms with Crippen molar-refractivity contribution < 1.29 is 9.13 Å². The normalized spacial score (nSPS) is 11.2. The lowest BCUT2D eigenvalue weighted by Gasteiger charge is -2.25. The molecule has 0 spiro atoms. The molecule has 4 heteroatoms. The predicted octanol–water partition coefficient (Wildman–Crippen LogP) is 4.74. The number of benzene rings is 2. The summed E-state index contributed by atoms with van der Waals surface area (Å²) >= 11 is 5.85. The molecule has 0 bridgehead atoms. The number of ether oxygens (including phenoxy) is 1. The Morgan fingerprint density at radius 1 is 1.04 bits per heavy atom. The van der Waals surface area contributed by atoms with Gasteiger partial charge >= 0.3 is 0 Å². The molecule has 2 nitrogen and oxygen atoms in total. The van der Waals surface area contributed by atoms with Gasteiger partial charge in [0.1, 0.15) is 18.2 Å². The smallest absolute Gasteiger partial charge is 0.123 e. The Morgan fingerprint density at radius 2 is 1.75 bits per heavy atom. The Kier molecular flexibility index (Phi) is 7.54. The monoisotopic (exact) mass is 349 g/mol. The van der Waals surface area contributed by atoms with Crippen LogP contribution in [0.4, 0.5) is 4.39 Å². The zero-order chi connectivity index (χ0) is 17.4. The van der Waals surface area contributed by atoms with Crippen molar-refractivity contribution in [3.05, 3.63) is 65.5 Å². The SMILES string of the molecule is CC(C)N(CCCl)CCOc1ccccc1Cc1ccc(F)cc1. The van der Waals surface area contributed by atoms with Crippen molar-refractivity contribution in [1.29, 1.82) is 0 Å². The van der Waals surface area contributed by atoms with Gasteiger partial charge in [-0.2, -0.15) is 0 Å². The molecule has 2 rings (SSSR count). The van der Waals surface area contributed by atoms with Gasteiger partial charge in [0, 0.05) is 31.4 Å². The first kappa shape index (κ1) is 18.8. The minimum Gasteiger partial charge on any atom is -0.492 e. The average molecular weight is 350 g/mol. The van der Waals surface area contributed by atoms with Crippen LogP contribution in [0.25, 0.3) is 0 Å². The van der Waals surface area contributed by atoms with Crippen molar-refractivity contribution in [3.8, 4) is 5.75 Å². The molecule has 0 aliphatic carbocycles. The van der Waals surface area contributed by atoms with Crippen molar-refractivity contribution in [2.75, 3.05) is 25.6 Å². The average Bonchev–Trinajstić information content (AvgIpc) is 2.57. The molecule has 0 amide bonds. The summed E-state index contributed by atoms with van der Waals surface area (Å²) in [5.74, 6) is 1.30. The Balaban J connectivity index is 1.97. The fraction of sp³-hybridized carbons (Fsp3) is 0.400. The van der Waals surface area contributed by atoms with E-state index in [2.05, 4.69) is 24.8 Å². The van der Waals surface area contributed by atoms with E-state index in [0.29, 0.717) is 18.5 Å². The fourth-order valence-electron chi connectivity index (χ4n) is 2.62. The van der Waals surface area contributed by atoms with Crippen LogP contribution >= 0.6 is 11.6 Å². The van der Waals surface area contributed by atoms with Crippen LogP contribution in [-0.4, -0.2) is 36.5 Å². The van der Waals surface area contributed by atoms with E-state index in [4.69, 9.17) is 16.3 Å². The van der Waals surface area contributed by atoms with E-state index in [1.54, 1.807) is 0 Å². The maximum atomic E-state index is 13.0. The molecular weight excluding hydrogens is 325 g/mol. The summed E-state index contributed by atoms with van der Waals surface area (Å²) in [4.78, 5) is 2.30. The molecule has 0 saturated heterocycles. The summed E-state index contributed by atoms with van der Waals surface area (Å²) < 4.78 is 19.0. The minimum absolute atomic E-state index is 0.212. The van der Waals surface area contributed by atoms with Crippen molar-refractivity contribution in [2.24, 2.45) is 0 Å². The van der Waals surface area contributed by atoms with Gasteiger partial charge < -0.3 is 4.74 Å². The van der Waals surface area contributed by atoms with Crippen LogP contribution in [0.1, 0.15) is 25.0 Å². The second kappa shape index (κ2) is 9.65. The Labute approximate surface area is 149 Å². The standard InChI is InChI=1S/C20H25ClFNO/c1-16(2)23(12-11-21)13-14-24-20-6-4-3-5-18(20)15-17-7-9-19(22)10-8-17/h3-10,16H,11-15H2,1-2H3. The summed E-state index contributed by atoms with van der Waals surface area (Å²) in [6, 6.07) is 15.1. The molecule has 0 aliphatic heterocycles. The van der Waals surface area contributed by atoms with E-state index < -0.39 is 0 Å². The topological polar surface area (TPSA) is 12.5 Å². The third kappa shape index (κ3) is 5.81. The van der Waals surface area contributed by atoms with Crippen LogP contribution in [0.5, 0.6) is 5.75 Å². The Morgan fingerprint density at radius 3 is 2.42 bits per heavy atom. The van der Waals surface area contributed by atoms with Gasteiger partial charge in [0.2, 0.25) is 0 Å². The van der Waals surface area contributed by atoms with E-state index in [-0.39, 0.29) is 5.82 Å². The summed E-state index contributed by atoms with van der Waals surface area (Å²) in [6.45, 7) is 6.65. The first-order chi connectivity index (χ1) is 11.6. The van der Waals surface area contributed by atoms with Crippen LogP contribution < -0.4 is 4.74 Å². The summed E-state index contributed by atoms with van der Waals surface area (Å²) in [6.07, 6.45) is 0.728. The third-order valence-electron chi connectivity index (χ3n) is 4.02. The molecule has 0 fully saturated rings. The Hall–Kier alpha value is -1.58. The quantitative estimate of drug-likeness (QED) is 0.606. The molecule has 2 aromatic carbocycles. The molecule has 130 valence electrons. The van der Waals surface area contributed by atoms with Crippen LogP contribution in [0, 0.1) is 5.82 Å². The number of hydrogen-bond donors (Lipinski definition) is 0. The number of alkyl halides is 1. The van der Waals surface area contributed by atoms with E-state index in [9.17, 15) is 4.39 Å². The number of halogens is 2. The highest BCUT2D eigenvalue weighted by Crippen LogP contribution is 2.21. The number of nitrogens with zero attached hydrogens (tertiary/aromatic N) is 1. The minimum atomic E-state index is -0.212. The van der Waals surface area contributed by atoms with Crippen LogP contribution in [-0.2, 0) is 6.42 Å². The molecule has 0 saturated carbocycles. The molecular formula is C20H25ClFNO. The van der Waals surface area contributed by atoms with Gasteiger partial charge in [-0.15, -0.1) is 11.6 Å². The second-order valence-electron chi connectivity index (χ2n) is 6.08. The zero-order valence-corrected chi connectivity index (χ0v) is 15.1. The first-order valence-electron chi connectivity index (χ1n) is 8.35. The van der Waals surface area contributed by atoms with Crippen LogP contribution in [0.3, 0.4) is 0 Å². The summed E-state index contributed by atoms with van der Waals surface area (Å²) in [5.41, 5.74) is 2.18. The molecule has 0 N–H and O–H groups in total. The molecule has 0 radical (unpaired) electrons. The van der Waals surface area contributed by atoms with Crippen molar-refractivity contribution in [2.45, 2.75) is 26.3 Å². The van der Waals surface area contributed by atoms with E-state index >= 15 is 0 Å². The lowest BCUT2D eigenvalue weighted by Crippen LogP contribution is -2.36. The van der Waals surface area contributed by atoms with Gasteiger partial charge in [-0.05, 0) is 43.2 Å². The van der Waals surface area contributed by atoms with Gasteiger partial charge in [-0.25, -0.2) is 4.39 Å². The number of rotatable bonds is 9. The molecule has 24 heavy (non-hydrogen) atoms. The van der Waals surface area contributed by atoms with Gasteiger partial charge in [-0.3, -0.25) is 4.90 Å². The maximum Gasteiger partial charge on any atom is 0.123 e. The van der Waals surface area contributed by atoms with Gasteiger partial charge in [0.05, 0.1) is 0 Å². The van der Waals surface area contributed by atoms with Gasteiger partial charge in [-0.1, -0.05) is 30.3 Å². The Bertz CT molecular complexity index is 615. The first-order valence-corrected chi connectivity index (χ1v) is 8.88. The number of para-hydroxylation sites is 1. The van der Waals surface area contributed by atoms with Crippen molar-refractivity contribution in [1.82, 2.24) is 4.90 Å². The van der Waals surface area contributed by atoms with Crippen molar-refractivity contribution in [3.63, 3.8) is 0 Å². The highest BCUT2D eigenvalue weighted by molar-refractivity contribution is 6.18. The van der Waals surface area contributed by atoms with Gasteiger partial charge in [0.15, 0.2) is 0 Å². The fourth-order valence-corrected chi connectivity index (χ4v) is 2.84. The van der Waals surface area contributed by atoms with Crippen molar-refractivity contribution >= 4 is 11.6 Å². The molecule has 0 atom stereocenters. The maximum absolute atomic E-state index is 13.0. The molecule has 0 unspecified atom stereocenters. The summed E-state index contributed by atoms with van der Waals surface area (Å²) in [5, 5.41) is 0. The zero-order valence-electron chi connectivity index (χ0n) is 14.3. The molecule has 0 aromatic heterocycles. The molecule has 0 heterocycles.